The lowest BCUT2D eigenvalue weighted by Gasteiger charge is -2.21. The summed E-state index contributed by atoms with van der Waals surface area (Å²) in [6, 6.07) is 6.79. The fourth-order valence-corrected chi connectivity index (χ4v) is 2.83. The molecule has 0 radical (unpaired) electrons. The summed E-state index contributed by atoms with van der Waals surface area (Å²) in [5.74, 6) is 0.352. The zero-order chi connectivity index (χ0) is 18.9. The second kappa shape index (κ2) is 10.1. The highest BCUT2D eigenvalue weighted by Crippen LogP contribution is 2.29. The van der Waals surface area contributed by atoms with Gasteiger partial charge in [-0.3, -0.25) is 9.59 Å². The molecule has 1 aromatic carbocycles. The number of halogens is 1. The van der Waals surface area contributed by atoms with Gasteiger partial charge in [0, 0.05) is 31.7 Å². The summed E-state index contributed by atoms with van der Waals surface area (Å²) >= 11 is 5.98. The largest absolute Gasteiger partial charge is 0.466 e. The molecule has 1 aromatic rings. The first-order valence-electron chi connectivity index (χ1n) is 8.89. The predicted molar refractivity (Wildman–Crippen MR) is 99.8 cm³/mol. The minimum atomic E-state index is -0.204. The van der Waals surface area contributed by atoms with Gasteiger partial charge in [-0.15, -0.1) is 0 Å². The normalized spacial score (nSPS) is 13.3. The Hall–Kier alpha value is -2.10. The molecule has 1 fully saturated rings. The third-order valence-corrected chi connectivity index (χ3v) is 4.49. The molecule has 1 aliphatic carbocycles. The Morgan fingerprint density at radius 3 is 2.69 bits per heavy atom. The molecule has 26 heavy (non-hydrogen) atoms. The van der Waals surface area contributed by atoms with Gasteiger partial charge < -0.3 is 15.0 Å². The Morgan fingerprint density at radius 1 is 1.35 bits per heavy atom. The number of anilines is 1. The van der Waals surface area contributed by atoms with Crippen LogP contribution in [0.5, 0.6) is 0 Å². The number of benzene rings is 1. The van der Waals surface area contributed by atoms with E-state index in [2.05, 4.69) is 10.2 Å². The molecule has 0 unspecified atom stereocenters. The number of esters is 1. The highest BCUT2D eigenvalue weighted by atomic mass is 35.5. The number of hydrogen-bond donors (Lipinski definition) is 1. The first-order valence-corrected chi connectivity index (χ1v) is 9.27. The Bertz CT molecular complexity index is 683. The van der Waals surface area contributed by atoms with E-state index in [9.17, 15) is 9.59 Å². The van der Waals surface area contributed by atoms with Crippen LogP contribution >= 0.6 is 11.6 Å². The number of ether oxygens (including phenoxy) is 1. The molecule has 140 valence electrons. The number of nitrogens with one attached hydrogen (secondary N) is 1. The predicted octanol–water partition coefficient (Wildman–Crippen LogP) is 3.21. The van der Waals surface area contributed by atoms with E-state index >= 15 is 0 Å². The van der Waals surface area contributed by atoms with Gasteiger partial charge in [-0.1, -0.05) is 11.6 Å². The van der Waals surface area contributed by atoms with Crippen LogP contribution in [-0.4, -0.2) is 43.0 Å². The lowest BCUT2D eigenvalue weighted by atomic mass is 10.2. The van der Waals surface area contributed by atoms with E-state index in [-0.39, 0.29) is 11.9 Å². The van der Waals surface area contributed by atoms with Gasteiger partial charge in [0.2, 0.25) is 5.91 Å². The van der Waals surface area contributed by atoms with Crippen LogP contribution in [0.4, 0.5) is 5.69 Å². The van der Waals surface area contributed by atoms with Crippen molar-refractivity contribution in [3.05, 3.63) is 28.8 Å². The molecule has 0 atom stereocenters. The maximum Gasteiger partial charge on any atom is 0.307 e. The molecule has 1 N–H and O–H groups in total. The minimum absolute atomic E-state index is 0.122. The van der Waals surface area contributed by atoms with Crippen molar-refractivity contribution in [3.8, 4) is 6.07 Å². The monoisotopic (exact) mass is 377 g/mol. The van der Waals surface area contributed by atoms with Crippen LogP contribution < -0.4 is 5.32 Å². The topological polar surface area (TPSA) is 82.4 Å². The van der Waals surface area contributed by atoms with Crippen molar-refractivity contribution < 1.29 is 14.3 Å². The molecule has 6 nitrogen and oxygen atoms in total. The Morgan fingerprint density at radius 2 is 2.08 bits per heavy atom. The van der Waals surface area contributed by atoms with E-state index in [1.165, 1.54) is 12.8 Å². The maximum atomic E-state index is 12.2. The van der Waals surface area contributed by atoms with Gasteiger partial charge in [-0.05, 0) is 43.9 Å². The van der Waals surface area contributed by atoms with Crippen molar-refractivity contribution in [2.45, 2.75) is 32.6 Å². The van der Waals surface area contributed by atoms with Crippen LogP contribution in [0.1, 0.15) is 38.2 Å². The molecule has 0 saturated heterocycles. The number of carbonyl (C=O) groups is 2. The zero-order valence-electron chi connectivity index (χ0n) is 15.0. The minimum Gasteiger partial charge on any atom is -0.466 e. The molecule has 1 aliphatic rings. The lowest BCUT2D eigenvalue weighted by molar-refractivity contribution is -0.143. The highest BCUT2D eigenvalue weighted by Gasteiger charge is 2.24. The SMILES string of the molecule is CCOC(=O)CCN(CCC(=O)Nc1ccc(C#N)c(Cl)c1)CC1CC1. The van der Waals surface area contributed by atoms with Crippen molar-refractivity contribution in [2.24, 2.45) is 5.92 Å². The maximum absolute atomic E-state index is 12.2. The summed E-state index contributed by atoms with van der Waals surface area (Å²) < 4.78 is 4.97. The third-order valence-electron chi connectivity index (χ3n) is 4.18. The van der Waals surface area contributed by atoms with Crippen molar-refractivity contribution in [3.63, 3.8) is 0 Å². The molecule has 0 aliphatic heterocycles. The number of carbonyl (C=O) groups excluding carboxylic acids is 2. The van der Waals surface area contributed by atoms with Gasteiger partial charge >= 0.3 is 5.97 Å². The van der Waals surface area contributed by atoms with Crippen molar-refractivity contribution in [1.29, 1.82) is 5.26 Å². The lowest BCUT2D eigenvalue weighted by Crippen LogP contribution is -2.32. The molecular weight excluding hydrogens is 354 g/mol. The Kier molecular flexibility index (Phi) is 7.89. The smallest absolute Gasteiger partial charge is 0.307 e. The van der Waals surface area contributed by atoms with Gasteiger partial charge in [0.1, 0.15) is 6.07 Å². The number of amides is 1. The number of rotatable bonds is 10. The van der Waals surface area contributed by atoms with Gasteiger partial charge in [-0.25, -0.2) is 0 Å². The van der Waals surface area contributed by atoms with Crippen LogP contribution in [0, 0.1) is 17.2 Å². The van der Waals surface area contributed by atoms with Gasteiger partial charge in [-0.2, -0.15) is 5.26 Å². The molecular formula is C19H24ClN3O3. The average Bonchev–Trinajstić information content (AvgIpc) is 3.42. The molecule has 0 heterocycles. The fourth-order valence-electron chi connectivity index (χ4n) is 2.61. The molecule has 1 amide bonds. The summed E-state index contributed by atoms with van der Waals surface area (Å²) in [6.45, 7) is 4.28. The molecule has 0 spiro atoms. The third kappa shape index (κ3) is 7.03. The summed E-state index contributed by atoms with van der Waals surface area (Å²) in [5.41, 5.74) is 0.943. The van der Waals surface area contributed by atoms with Crippen LogP contribution in [0.15, 0.2) is 18.2 Å². The molecule has 1 saturated carbocycles. The second-order valence-corrected chi connectivity index (χ2v) is 6.81. The average molecular weight is 378 g/mol. The zero-order valence-corrected chi connectivity index (χ0v) is 15.7. The summed E-state index contributed by atoms with van der Waals surface area (Å²) in [7, 11) is 0. The molecule has 0 aromatic heterocycles. The van der Waals surface area contributed by atoms with E-state index in [4.69, 9.17) is 21.6 Å². The summed E-state index contributed by atoms with van der Waals surface area (Å²) in [4.78, 5) is 25.9. The second-order valence-electron chi connectivity index (χ2n) is 6.40. The summed E-state index contributed by atoms with van der Waals surface area (Å²) in [6.07, 6.45) is 3.10. The van der Waals surface area contributed by atoms with Crippen molar-refractivity contribution in [2.75, 3.05) is 31.6 Å². The van der Waals surface area contributed by atoms with E-state index in [0.717, 1.165) is 6.54 Å². The number of nitriles is 1. The van der Waals surface area contributed by atoms with Crippen molar-refractivity contribution in [1.82, 2.24) is 4.90 Å². The van der Waals surface area contributed by atoms with Crippen LogP contribution in [0.25, 0.3) is 0 Å². The fraction of sp³-hybridized carbons (Fsp3) is 0.526. The van der Waals surface area contributed by atoms with E-state index in [0.29, 0.717) is 54.7 Å². The van der Waals surface area contributed by atoms with E-state index < -0.39 is 0 Å². The van der Waals surface area contributed by atoms with Gasteiger partial charge in [0.05, 0.1) is 23.6 Å². The molecule has 0 bridgehead atoms. The Labute approximate surface area is 159 Å². The standard InChI is InChI=1S/C19H24ClN3O3/c1-2-26-19(25)8-10-23(13-14-3-4-14)9-7-18(24)22-16-6-5-15(12-21)17(20)11-16/h5-6,11,14H,2-4,7-10,13H2,1H3,(H,22,24). The van der Waals surface area contributed by atoms with Crippen molar-refractivity contribution >= 4 is 29.2 Å². The van der Waals surface area contributed by atoms with E-state index in [1.807, 2.05) is 6.07 Å². The first-order chi connectivity index (χ1) is 12.5. The quantitative estimate of drug-likeness (QED) is 0.633. The number of hydrogen-bond acceptors (Lipinski definition) is 5. The Balaban J connectivity index is 1.80. The van der Waals surface area contributed by atoms with Crippen LogP contribution in [-0.2, 0) is 14.3 Å². The number of nitrogens with zero attached hydrogens (tertiary/aromatic N) is 2. The van der Waals surface area contributed by atoms with E-state index in [1.54, 1.807) is 25.1 Å². The van der Waals surface area contributed by atoms with Crippen LogP contribution in [0.2, 0.25) is 5.02 Å². The molecule has 7 heteroatoms. The molecule has 2 rings (SSSR count). The van der Waals surface area contributed by atoms with Gasteiger partial charge in [0.25, 0.3) is 0 Å². The summed E-state index contributed by atoms with van der Waals surface area (Å²) in [5, 5.41) is 12.0. The highest BCUT2D eigenvalue weighted by molar-refractivity contribution is 6.32. The first kappa shape index (κ1) is 20.2. The van der Waals surface area contributed by atoms with Gasteiger partial charge in [0.15, 0.2) is 0 Å². The van der Waals surface area contributed by atoms with Crippen LogP contribution in [0.3, 0.4) is 0 Å².